The Labute approximate surface area is 151 Å². The minimum Gasteiger partial charge on any atom is -0.481 e. The lowest BCUT2D eigenvalue weighted by Crippen LogP contribution is -2.17. The Bertz CT molecular complexity index is 555. The third kappa shape index (κ3) is 26.8. The highest BCUT2D eigenvalue weighted by Crippen LogP contribution is 1.99. The van der Waals surface area contributed by atoms with Crippen molar-refractivity contribution in [2.45, 2.75) is 65.6 Å². The summed E-state index contributed by atoms with van der Waals surface area (Å²) in [6.45, 7) is 6.18. The second-order valence-corrected chi connectivity index (χ2v) is 10.7. The van der Waals surface area contributed by atoms with Gasteiger partial charge in [-0.1, -0.05) is 27.1 Å². The summed E-state index contributed by atoms with van der Waals surface area (Å²) >= 11 is 0. The van der Waals surface area contributed by atoms with E-state index in [1.54, 1.807) is 0 Å². The van der Waals surface area contributed by atoms with E-state index in [-0.39, 0.29) is 44.7 Å². The van der Waals surface area contributed by atoms with Gasteiger partial charge in [-0.25, -0.2) is 0 Å². The van der Waals surface area contributed by atoms with Crippen LogP contribution in [0.4, 0.5) is 0 Å². The topological polar surface area (TPSA) is 109 Å². The van der Waals surface area contributed by atoms with Crippen molar-refractivity contribution in [1.82, 2.24) is 0 Å². The molecule has 25 heavy (non-hydrogen) atoms. The van der Waals surface area contributed by atoms with E-state index in [0.717, 1.165) is 0 Å². The smallest absolute Gasteiger partial charge is 0.303 e. The molecular weight excluding hydrogens is 340 g/mol. The molecule has 0 bridgehead atoms. The number of carboxylic acids is 2. The molecule has 140 valence electrons. The van der Waals surface area contributed by atoms with Gasteiger partial charge < -0.3 is 10.2 Å². The average molecular weight is 369 g/mol. The standard InChI is InChI=1S/C10H16O3Si.C7H8O3.CH4/c1-14(2,3)8-7-9(11)5-4-6-10(12)13;1-2-6(8)4-3-5-7(9)10;/h4-6H2,1-3H3,(H,12,13);1H,3-5H2,(H,9,10);1H4. The highest BCUT2D eigenvalue weighted by Gasteiger charge is 2.08. The van der Waals surface area contributed by atoms with Crippen LogP contribution in [0.15, 0.2) is 0 Å². The maximum Gasteiger partial charge on any atom is 0.303 e. The first-order chi connectivity index (χ1) is 11.0. The molecule has 7 heteroatoms. The number of Topliss-reactive ketones (excluding diaryl/α,β-unsaturated/α-hetero) is 2. The molecule has 0 aliphatic rings. The van der Waals surface area contributed by atoms with Gasteiger partial charge in [-0.3, -0.25) is 19.2 Å². The van der Waals surface area contributed by atoms with Crippen LogP contribution in [-0.4, -0.2) is 41.8 Å². The van der Waals surface area contributed by atoms with E-state index in [0.29, 0.717) is 12.8 Å². The molecule has 0 fully saturated rings. The number of carbonyl (C=O) groups excluding carboxylic acids is 2. The minimum absolute atomic E-state index is 0. The summed E-state index contributed by atoms with van der Waals surface area (Å²) in [4.78, 5) is 41.6. The summed E-state index contributed by atoms with van der Waals surface area (Å²) in [7, 11) is -1.48. The first kappa shape index (κ1) is 27.5. The first-order valence-corrected chi connectivity index (χ1v) is 11.0. The van der Waals surface area contributed by atoms with E-state index in [1.165, 1.54) is 0 Å². The quantitative estimate of drug-likeness (QED) is 0.387. The van der Waals surface area contributed by atoms with Crippen LogP contribution in [0.5, 0.6) is 0 Å². The van der Waals surface area contributed by atoms with Gasteiger partial charge in [0.2, 0.25) is 11.6 Å². The molecule has 0 aliphatic carbocycles. The summed E-state index contributed by atoms with van der Waals surface area (Å²) in [5.74, 6) is 2.24. The monoisotopic (exact) mass is 368 g/mol. The molecule has 0 amide bonds. The maximum atomic E-state index is 11.1. The molecule has 0 saturated carbocycles. The van der Waals surface area contributed by atoms with Crippen LogP contribution < -0.4 is 0 Å². The second kappa shape index (κ2) is 15.2. The molecule has 0 atom stereocenters. The van der Waals surface area contributed by atoms with Gasteiger partial charge in [0.25, 0.3) is 0 Å². The molecule has 0 radical (unpaired) electrons. The summed E-state index contributed by atoms with van der Waals surface area (Å²) in [5.41, 5.74) is 2.95. The molecule has 0 rings (SSSR count). The van der Waals surface area contributed by atoms with Crippen molar-refractivity contribution in [1.29, 1.82) is 0 Å². The Kier molecular flexibility index (Phi) is 16.7. The first-order valence-electron chi connectivity index (χ1n) is 7.47. The van der Waals surface area contributed by atoms with Gasteiger partial charge in [-0.05, 0) is 24.7 Å². The molecule has 2 N–H and O–H groups in total. The minimum atomic E-state index is -1.48. The lowest BCUT2D eigenvalue weighted by molar-refractivity contribution is -0.138. The van der Waals surface area contributed by atoms with E-state index in [4.69, 9.17) is 16.6 Å². The van der Waals surface area contributed by atoms with Gasteiger partial charge in [0.05, 0.1) is 0 Å². The van der Waals surface area contributed by atoms with Crippen molar-refractivity contribution >= 4 is 31.6 Å². The van der Waals surface area contributed by atoms with Gasteiger partial charge in [0.15, 0.2) is 0 Å². The molecule has 0 saturated heterocycles. The van der Waals surface area contributed by atoms with E-state index in [9.17, 15) is 19.2 Å². The molecule has 6 nitrogen and oxygen atoms in total. The number of rotatable bonds is 8. The van der Waals surface area contributed by atoms with Crippen LogP contribution >= 0.6 is 0 Å². The van der Waals surface area contributed by atoms with Crippen LogP contribution in [0.1, 0.15) is 46.0 Å². The Morgan fingerprint density at radius 2 is 1.24 bits per heavy atom. The van der Waals surface area contributed by atoms with Crippen LogP contribution in [0.3, 0.4) is 0 Å². The highest BCUT2D eigenvalue weighted by molar-refractivity contribution is 6.84. The lowest BCUT2D eigenvalue weighted by Gasteiger charge is -2.02. The Morgan fingerprint density at radius 3 is 1.56 bits per heavy atom. The molecule has 0 aliphatic heterocycles. The lowest BCUT2D eigenvalue weighted by atomic mass is 10.2. The Hall–Kier alpha value is -2.38. The van der Waals surface area contributed by atoms with E-state index in [1.807, 2.05) is 5.92 Å². The summed E-state index contributed by atoms with van der Waals surface area (Å²) in [6, 6.07) is 0. The third-order valence-electron chi connectivity index (χ3n) is 2.33. The van der Waals surface area contributed by atoms with Gasteiger partial charge in [0.1, 0.15) is 8.07 Å². The van der Waals surface area contributed by atoms with Gasteiger partial charge in [-0.2, -0.15) is 0 Å². The number of hydrogen-bond donors (Lipinski definition) is 2. The zero-order valence-corrected chi connectivity index (χ0v) is 15.3. The number of aliphatic carboxylic acids is 2. The molecule has 0 aromatic carbocycles. The van der Waals surface area contributed by atoms with Crippen LogP contribution in [-0.2, 0) is 19.2 Å². The molecule has 0 unspecified atom stereocenters. The van der Waals surface area contributed by atoms with Crippen LogP contribution in [0, 0.1) is 23.8 Å². The Balaban J connectivity index is -0.000000392. The van der Waals surface area contributed by atoms with Crippen LogP contribution in [0.25, 0.3) is 0 Å². The van der Waals surface area contributed by atoms with Gasteiger partial charge >= 0.3 is 11.9 Å². The van der Waals surface area contributed by atoms with Crippen molar-refractivity contribution in [3.05, 3.63) is 0 Å². The van der Waals surface area contributed by atoms with Crippen molar-refractivity contribution in [2.24, 2.45) is 0 Å². The van der Waals surface area contributed by atoms with Crippen molar-refractivity contribution < 1.29 is 29.4 Å². The zero-order chi connectivity index (χ0) is 19.2. The van der Waals surface area contributed by atoms with Crippen molar-refractivity contribution in [3.8, 4) is 23.8 Å². The SMILES string of the molecule is C.C#CC(=O)CCCC(=O)O.C[Si](C)(C)C#CC(=O)CCCC(=O)O. The second-order valence-electron chi connectivity index (χ2n) is 5.99. The summed E-state index contributed by atoms with van der Waals surface area (Å²) < 4.78 is 0. The summed E-state index contributed by atoms with van der Waals surface area (Å²) in [5, 5.41) is 16.5. The van der Waals surface area contributed by atoms with Crippen molar-refractivity contribution in [2.75, 3.05) is 0 Å². The maximum absolute atomic E-state index is 11.1. The predicted molar refractivity (Wildman–Crippen MR) is 99.7 cm³/mol. The number of terminal acetylenes is 1. The number of carbonyl (C=O) groups is 4. The average Bonchev–Trinajstić information content (AvgIpc) is 2.44. The molecule has 0 aromatic rings. The van der Waals surface area contributed by atoms with Gasteiger partial charge in [0, 0.05) is 25.7 Å². The number of hydrogen-bond acceptors (Lipinski definition) is 4. The van der Waals surface area contributed by atoms with E-state index in [2.05, 4.69) is 31.1 Å². The molecular formula is C18H28O6Si. The molecule has 0 aromatic heterocycles. The molecule has 0 heterocycles. The van der Waals surface area contributed by atoms with E-state index < -0.39 is 20.0 Å². The third-order valence-corrected chi connectivity index (χ3v) is 3.20. The summed E-state index contributed by atoms with van der Waals surface area (Å²) in [6.07, 6.45) is 5.93. The number of carboxylic acid groups (broad SMARTS) is 2. The largest absolute Gasteiger partial charge is 0.481 e. The molecule has 0 spiro atoms. The van der Waals surface area contributed by atoms with Crippen molar-refractivity contribution in [3.63, 3.8) is 0 Å². The Morgan fingerprint density at radius 1 is 0.840 bits per heavy atom. The highest BCUT2D eigenvalue weighted by atomic mass is 28.3. The van der Waals surface area contributed by atoms with Gasteiger partial charge in [-0.15, -0.1) is 12.0 Å². The van der Waals surface area contributed by atoms with E-state index >= 15 is 0 Å². The zero-order valence-electron chi connectivity index (χ0n) is 14.3. The fraction of sp³-hybridized carbons (Fsp3) is 0.556. The predicted octanol–water partition coefficient (Wildman–Crippen LogP) is 2.77. The fourth-order valence-corrected chi connectivity index (χ4v) is 1.71. The fourth-order valence-electron chi connectivity index (χ4n) is 1.19. The van der Waals surface area contributed by atoms with Crippen LogP contribution in [0.2, 0.25) is 19.6 Å². The normalized spacial score (nSPS) is 9.04. The number of ketones is 2.